The van der Waals surface area contributed by atoms with Crippen LogP contribution in [0.15, 0.2) is 114 Å². The first-order chi connectivity index (χ1) is 23.1. The van der Waals surface area contributed by atoms with E-state index in [0.29, 0.717) is 28.8 Å². The third-order valence-electron chi connectivity index (χ3n) is 6.89. The van der Waals surface area contributed by atoms with Gasteiger partial charge in [-0.05, 0) is 27.8 Å². The molecule has 14 heteroatoms. The van der Waals surface area contributed by atoms with Crippen molar-refractivity contribution < 1.29 is 41.2 Å². The first-order valence-corrected chi connectivity index (χ1v) is 18.3. The number of amides is 1. The lowest BCUT2D eigenvalue weighted by molar-refractivity contribution is -0.136. The van der Waals surface area contributed by atoms with Crippen LogP contribution in [0, 0.1) is 0 Å². The van der Waals surface area contributed by atoms with Crippen molar-refractivity contribution in [2.75, 3.05) is 19.1 Å². The van der Waals surface area contributed by atoms with Crippen LogP contribution in [0.3, 0.4) is 0 Å². The summed E-state index contributed by atoms with van der Waals surface area (Å²) in [5.41, 5.74) is 7.93. The van der Waals surface area contributed by atoms with Crippen molar-refractivity contribution in [3.05, 3.63) is 126 Å². The molecule has 0 fully saturated rings. The number of carboxylic acid groups (broad SMARTS) is 1. The van der Waals surface area contributed by atoms with E-state index in [1.54, 1.807) is 0 Å². The van der Waals surface area contributed by atoms with E-state index in [1.165, 1.54) is 0 Å². The largest absolute Gasteiger partial charge is 0.494 e. The van der Waals surface area contributed by atoms with Gasteiger partial charge >= 0.3 is 5.97 Å². The molecule has 0 bridgehead atoms. The van der Waals surface area contributed by atoms with Crippen LogP contribution in [-0.4, -0.2) is 73.2 Å². The molecule has 0 unspecified atom stereocenters. The van der Waals surface area contributed by atoms with Crippen LogP contribution in [0.1, 0.15) is 27.9 Å². The number of rotatable bonds is 8. The molecular weight excluding hydrogens is 671 g/mol. The summed E-state index contributed by atoms with van der Waals surface area (Å²) >= 11 is 0. The molecule has 0 spiro atoms. The standard InChI is InChI=1S/C30H20N2O2.C4H9NO4S.CH4O3S/c33-29-25-26(28(32-29)24-17-13-22(14-18-24)20-9-5-2-6-10-20)30(34)31-27(25)23-15-11-21(12-16-23)19-7-3-1-4-8-19;1-10(8,9)5-3-2-4(6)7;1-5(2,3)4/h1-18,31,34H;5H,2-3H2,1H3,(H,6,7);1H3,(H,2,3,4). The summed E-state index contributed by atoms with van der Waals surface area (Å²) in [4.78, 5) is 30.1. The van der Waals surface area contributed by atoms with Gasteiger partial charge in [-0.2, -0.15) is 8.42 Å². The van der Waals surface area contributed by atoms with E-state index in [-0.39, 0.29) is 24.8 Å². The van der Waals surface area contributed by atoms with Gasteiger partial charge in [-0.25, -0.2) is 18.1 Å². The monoisotopic (exact) mass is 703 g/mol. The highest BCUT2D eigenvalue weighted by molar-refractivity contribution is 7.88. The third-order valence-corrected chi connectivity index (χ3v) is 7.62. The molecule has 0 saturated carbocycles. The van der Waals surface area contributed by atoms with Gasteiger partial charge in [0.25, 0.3) is 16.0 Å². The maximum atomic E-state index is 12.9. The second-order valence-corrected chi connectivity index (χ2v) is 14.1. The summed E-state index contributed by atoms with van der Waals surface area (Å²) in [6.45, 7) is -0.0475. The lowest BCUT2D eigenvalue weighted by atomic mass is 9.97. The topological polar surface area (TPSA) is 203 Å². The van der Waals surface area contributed by atoms with Crippen LogP contribution in [-0.2, 0) is 24.9 Å². The minimum absolute atomic E-state index is 0.0473. The highest BCUT2D eigenvalue weighted by Gasteiger charge is 2.33. The highest BCUT2D eigenvalue weighted by atomic mass is 32.2. The number of aromatic hydroxyl groups is 1. The molecule has 1 aromatic heterocycles. The summed E-state index contributed by atoms with van der Waals surface area (Å²) in [6, 6.07) is 36.0. The van der Waals surface area contributed by atoms with E-state index in [9.17, 15) is 31.5 Å². The normalized spacial score (nSPS) is 12.1. The summed E-state index contributed by atoms with van der Waals surface area (Å²) in [6.07, 6.45) is 1.51. The molecule has 1 amide bonds. The van der Waals surface area contributed by atoms with Gasteiger partial charge in [0.05, 0.1) is 41.5 Å². The van der Waals surface area contributed by atoms with Crippen molar-refractivity contribution in [1.29, 1.82) is 0 Å². The maximum absolute atomic E-state index is 12.9. The Kier molecular flexibility index (Phi) is 11.6. The van der Waals surface area contributed by atoms with Crippen molar-refractivity contribution in [2.24, 2.45) is 4.99 Å². The number of aliphatic imine (C=N–C) groups is 1. The molecule has 5 aromatic rings. The van der Waals surface area contributed by atoms with Gasteiger partial charge < -0.3 is 15.2 Å². The average Bonchev–Trinajstić information content (AvgIpc) is 3.58. The number of aliphatic carboxylic acids is 1. The number of carbonyl (C=O) groups is 2. The Morgan fingerprint density at radius 1 is 0.694 bits per heavy atom. The maximum Gasteiger partial charge on any atom is 0.304 e. The van der Waals surface area contributed by atoms with Crippen LogP contribution in [0.4, 0.5) is 0 Å². The smallest absolute Gasteiger partial charge is 0.304 e. The van der Waals surface area contributed by atoms with Gasteiger partial charge in [0.15, 0.2) is 5.88 Å². The molecule has 6 rings (SSSR count). The Hall–Kier alpha value is -5.41. The van der Waals surface area contributed by atoms with E-state index in [1.807, 2.05) is 89.7 Å². The Morgan fingerprint density at radius 3 is 1.53 bits per heavy atom. The van der Waals surface area contributed by atoms with E-state index in [2.05, 4.69) is 34.2 Å². The number of aromatic nitrogens is 1. The zero-order valence-electron chi connectivity index (χ0n) is 26.4. The number of hydrogen-bond acceptors (Lipinski definition) is 7. The second kappa shape index (κ2) is 15.7. The van der Waals surface area contributed by atoms with Crippen molar-refractivity contribution in [2.45, 2.75) is 6.42 Å². The predicted octanol–water partition coefficient (Wildman–Crippen LogP) is 5.23. The Labute approximate surface area is 283 Å². The van der Waals surface area contributed by atoms with Crippen molar-refractivity contribution in [3.63, 3.8) is 0 Å². The lowest BCUT2D eigenvalue weighted by Gasteiger charge is -2.05. The summed E-state index contributed by atoms with van der Waals surface area (Å²) in [7, 11) is -6.90. The minimum Gasteiger partial charge on any atom is -0.494 e. The molecule has 12 nitrogen and oxygen atoms in total. The summed E-state index contributed by atoms with van der Waals surface area (Å²) in [5, 5.41) is 18.8. The van der Waals surface area contributed by atoms with E-state index < -0.39 is 26.1 Å². The number of H-pyrrole nitrogens is 1. The number of fused-ring (bicyclic) bond motifs is 1. The molecule has 254 valence electrons. The first-order valence-electron chi connectivity index (χ1n) is 14.6. The van der Waals surface area contributed by atoms with Gasteiger partial charge in [-0.1, -0.05) is 109 Å². The average molecular weight is 704 g/mol. The summed E-state index contributed by atoms with van der Waals surface area (Å²) < 4.78 is 48.5. The predicted molar refractivity (Wildman–Crippen MR) is 188 cm³/mol. The van der Waals surface area contributed by atoms with Crippen LogP contribution >= 0.6 is 0 Å². The number of hydrogen-bond donors (Lipinski definition) is 5. The highest BCUT2D eigenvalue weighted by Crippen LogP contribution is 2.38. The van der Waals surface area contributed by atoms with Crippen LogP contribution in [0.5, 0.6) is 5.88 Å². The van der Waals surface area contributed by atoms with Gasteiger partial charge in [-0.3, -0.25) is 14.1 Å². The SMILES string of the molecule is CS(=O)(=O)NCCC(=O)O.CS(=O)(=O)O.O=C1N=C(c2ccc(-c3ccccc3)cc2)c2c(O)[nH]c(-c3ccc(-c4ccccc4)cc3)c21. The number of nitrogens with one attached hydrogen (secondary N) is 2. The Morgan fingerprint density at radius 2 is 1.10 bits per heavy atom. The third kappa shape index (κ3) is 10.5. The number of carbonyl (C=O) groups excluding carboxylic acids is 1. The van der Waals surface area contributed by atoms with Gasteiger partial charge in [0, 0.05) is 12.1 Å². The molecule has 2 heterocycles. The minimum atomic E-state index is -3.67. The fraction of sp³-hybridized carbons (Fsp3) is 0.114. The van der Waals surface area contributed by atoms with Crippen molar-refractivity contribution in [1.82, 2.24) is 9.71 Å². The molecule has 1 aliphatic rings. The molecule has 4 aromatic carbocycles. The zero-order valence-corrected chi connectivity index (χ0v) is 28.0. The molecule has 0 radical (unpaired) electrons. The number of aromatic amines is 1. The molecule has 5 N–H and O–H groups in total. The van der Waals surface area contributed by atoms with Gasteiger partial charge in [-0.15, -0.1) is 0 Å². The lowest BCUT2D eigenvalue weighted by Crippen LogP contribution is -2.24. The number of nitrogens with zero attached hydrogens (tertiary/aromatic N) is 1. The fourth-order valence-electron chi connectivity index (χ4n) is 4.82. The molecular formula is C35H33N3O9S2. The van der Waals surface area contributed by atoms with Crippen LogP contribution < -0.4 is 4.72 Å². The molecule has 0 aliphatic carbocycles. The molecule has 0 saturated heterocycles. The summed E-state index contributed by atoms with van der Waals surface area (Å²) in [5.74, 6) is -1.42. The molecule has 49 heavy (non-hydrogen) atoms. The second-order valence-electron chi connectivity index (χ2n) is 10.8. The van der Waals surface area contributed by atoms with Crippen LogP contribution in [0.25, 0.3) is 33.5 Å². The number of carboxylic acids is 1. The number of benzene rings is 4. The Bertz CT molecular complexity index is 2170. The zero-order chi connectivity index (χ0) is 35.8. The molecule has 1 aliphatic heterocycles. The quantitative estimate of drug-likeness (QED) is 0.134. The van der Waals surface area contributed by atoms with Crippen LogP contribution in [0.2, 0.25) is 0 Å². The van der Waals surface area contributed by atoms with E-state index in [0.717, 1.165) is 39.6 Å². The molecule has 0 atom stereocenters. The van der Waals surface area contributed by atoms with Gasteiger partial charge in [0.2, 0.25) is 10.0 Å². The number of sulfonamides is 1. The first kappa shape index (κ1) is 36.4. The van der Waals surface area contributed by atoms with E-state index >= 15 is 0 Å². The fourth-order valence-corrected chi connectivity index (χ4v) is 5.30. The van der Waals surface area contributed by atoms with E-state index in [4.69, 9.17) is 9.66 Å². The Balaban J connectivity index is 0.000000304. The van der Waals surface area contributed by atoms with Crippen molar-refractivity contribution in [3.8, 4) is 39.4 Å². The van der Waals surface area contributed by atoms with Gasteiger partial charge in [0.1, 0.15) is 0 Å². The van der Waals surface area contributed by atoms with Crippen molar-refractivity contribution >= 4 is 37.7 Å².